The Morgan fingerprint density at radius 1 is 1.33 bits per heavy atom. The minimum Gasteiger partial charge on any atom is -0.491 e. The normalized spacial score (nSPS) is 10.6. The molecule has 2 N–H and O–H groups in total. The van der Waals surface area contributed by atoms with Crippen LogP contribution in [-0.4, -0.2) is 42.5 Å². The highest BCUT2D eigenvalue weighted by Crippen LogP contribution is 2.22. The molecule has 0 aliphatic carbocycles. The lowest BCUT2D eigenvalue weighted by molar-refractivity contribution is -0.130. The highest BCUT2D eigenvalue weighted by atomic mass is 16.5. The van der Waals surface area contributed by atoms with Crippen molar-refractivity contribution >= 4 is 16.8 Å². The van der Waals surface area contributed by atoms with Gasteiger partial charge in [-0.05, 0) is 25.1 Å². The zero-order valence-corrected chi connectivity index (χ0v) is 12.3. The van der Waals surface area contributed by atoms with Gasteiger partial charge in [0.15, 0.2) is 0 Å². The summed E-state index contributed by atoms with van der Waals surface area (Å²) in [4.78, 5) is 17.9. The number of hydrogen-bond donors (Lipinski definition) is 1. The van der Waals surface area contributed by atoms with E-state index < -0.39 is 0 Å². The van der Waals surface area contributed by atoms with Crippen molar-refractivity contribution in [2.45, 2.75) is 12.8 Å². The molecular weight excluding hydrogens is 266 g/mol. The SMILES string of the molecule is CN(CCCN)C(=O)CCOc1cccc2cccnc12. The minimum absolute atomic E-state index is 0.0663. The van der Waals surface area contributed by atoms with E-state index in [1.165, 1.54) is 0 Å². The second-order valence-electron chi connectivity index (χ2n) is 4.89. The molecule has 1 heterocycles. The van der Waals surface area contributed by atoms with Gasteiger partial charge in [-0.3, -0.25) is 9.78 Å². The van der Waals surface area contributed by atoms with Crippen LogP contribution in [0.5, 0.6) is 5.75 Å². The number of nitrogens with zero attached hydrogens (tertiary/aromatic N) is 2. The lowest BCUT2D eigenvalue weighted by Crippen LogP contribution is -2.30. The first-order valence-electron chi connectivity index (χ1n) is 7.13. The third-order valence-corrected chi connectivity index (χ3v) is 3.29. The quantitative estimate of drug-likeness (QED) is 0.843. The van der Waals surface area contributed by atoms with Gasteiger partial charge in [0.2, 0.25) is 5.91 Å². The van der Waals surface area contributed by atoms with Gasteiger partial charge in [0.05, 0.1) is 13.0 Å². The van der Waals surface area contributed by atoms with Gasteiger partial charge in [-0.1, -0.05) is 18.2 Å². The molecule has 1 aromatic heterocycles. The number of carbonyl (C=O) groups excluding carboxylic acids is 1. The summed E-state index contributed by atoms with van der Waals surface area (Å²) in [6, 6.07) is 9.66. The molecule has 2 rings (SSSR count). The maximum Gasteiger partial charge on any atom is 0.225 e. The lowest BCUT2D eigenvalue weighted by atomic mass is 10.2. The van der Waals surface area contributed by atoms with Crippen molar-refractivity contribution in [2.75, 3.05) is 26.7 Å². The Balaban J connectivity index is 1.89. The van der Waals surface area contributed by atoms with E-state index >= 15 is 0 Å². The minimum atomic E-state index is 0.0663. The predicted molar refractivity (Wildman–Crippen MR) is 83.2 cm³/mol. The monoisotopic (exact) mass is 287 g/mol. The van der Waals surface area contributed by atoms with E-state index in [1.54, 1.807) is 18.1 Å². The van der Waals surface area contributed by atoms with Crippen LogP contribution in [0.3, 0.4) is 0 Å². The van der Waals surface area contributed by atoms with Crippen LogP contribution < -0.4 is 10.5 Å². The number of carbonyl (C=O) groups is 1. The smallest absolute Gasteiger partial charge is 0.225 e. The fourth-order valence-electron chi connectivity index (χ4n) is 2.09. The summed E-state index contributed by atoms with van der Waals surface area (Å²) in [7, 11) is 1.79. The number of ether oxygens (including phenoxy) is 1. The van der Waals surface area contributed by atoms with Gasteiger partial charge >= 0.3 is 0 Å². The van der Waals surface area contributed by atoms with Gasteiger partial charge in [-0.15, -0.1) is 0 Å². The van der Waals surface area contributed by atoms with Gasteiger partial charge < -0.3 is 15.4 Å². The van der Waals surface area contributed by atoms with Gasteiger partial charge in [0.1, 0.15) is 11.3 Å². The van der Waals surface area contributed by atoms with E-state index in [2.05, 4.69) is 4.98 Å². The number of nitrogens with two attached hydrogens (primary N) is 1. The second-order valence-corrected chi connectivity index (χ2v) is 4.89. The van der Waals surface area contributed by atoms with Crippen molar-refractivity contribution in [1.29, 1.82) is 0 Å². The van der Waals surface area contributed by atoms with E-state index in [1.807, 2.05) is 30.3 Å². The summed E-state index contributed by atoms with van der Waals surface area (Å²) in [5.41, 5.74) is 6.26. The maximum atomic E-state index is 11.9. The van der Waals surface area contributed by atoms with Crippen LogP contribution in [0.25, 0.3) is 10.9 Å². The van der Waals surface area contributed by atoms with Crippen LogP contribution >= 0.6 is 0 Å². The molecule has 0 spiro atoms. The zero-order valence-electron chi connectivity index (χ0n) is 12.3. The number of aromatic nitrogens is 1. The van der Waals surface area contributed by atoms with E-state index in [-0.39, 0.29) is 5.91 Å². The van der Waals surface area contributed by atoms with Crippen LogP contribution in [0.15, 0.2) is 36.5 Å². The summed E-state index contributed by atoms with van der Waals surface area (Å²) in [5, 5.41) is 1.03. The Morgan fingerprint density at radius 2 is 2.14 bits per heavy atom. The molecule has 0 unspecified atom stereocenters. The van der Waals surface area contributed by atoms with E-state index in [0.717, 1.165) is 17.3 Å². The summed E-state index contributed by atoms with van der Waals surface area (Å²) in [6.07, 6.45) is 2.90. The van der Waals surface area contributed by atoms with Crippen molar-refractivity contribution in [2.24, 2.45) is 5.73 Å². The first-order valence-corrected chi connectivity index (χ1v) is 7.13. The number of para-hydroxylation sites is 1. The average Bonchev–Trinajstić information content (AvgIpc) is 2.52. The number of pyridine rings is 1. The van der Waals surface area contributed by atoms with Crippen molar-refractivity contribution in [1.82, 2.24) is 9.88 Å². The summed E-state index contributed by atoms with van der Waals surface area (Å²) in [6.45, 7) is 1.63. The lowest BCUT2D eigenvalue weighted by Gasteiger charge is -2.16. The average molecular weight is 287 g/mol. The molecule has 1 amide bonds. The van der Waals surface area contributed by atoms with Crippen molar-refractivity contribution < 1.29 is 9.53 Å². The topological polar surface area (TPSA) is 68.5 Å². The zero-order chi connectivity index (χ0) is 15.1. The third kappa shape index (κ3) is 4.16. The Morgan fingerprint density at radius 3 is 2.95 bits per heavy atom. The van der Waals surface area contributed by atoms with Crippen molar-refractivity contribution in [3.63, 3.8) is 0 Å². The van der Waals surface area contributed by atoms with Crippen LogP contribution in [0, 0.1) is 0 Å². The van der Waals surface area contributed by atoms with Crippen LogP contribution in [0.1, 0.15) is 12.8 Å². The highest BCUT2D eigenvalue weighted by Gasteiger charge is 2.09. The fraction of sp³-hybridized carbons (Fsp3) is 0.375. The number of amides is 1. The molecule has 5 nitrogen and oxygen atoms in total. The Labute approximate surface area is 124 Å². The number of fused-ring (bicyclic) bond motifs is 1. The van der Waals surface area contributed by atoms with Crippen LogP contribution in [-0.2, 0) is 4.79 Å². The second kappa shape index (κ2) is 7.59. The molecule has 0 radical (unpaired) electrons. The maximum absolute atomic E-state index is 11.9. The van der Waals surface area contributed by atoms with E-state index in [9.17, 15) is 4.79 Å². The van der Waals surface area contributed by atoms with Crippen LogP contribution in [0.4, 0.5) is 0 Å². The number of benzene rings is 1. The molecule has 0 saturated heterocycles. The molecule has 2 aromatic rings. The summed E-state index contributed by atoms with van der Waals surface area (Å²) in [5.74, 6) is 0.780. The van der Waals surface area contributed by atoms with Crippen molar-refractivity contribution in [3.05, 3.63) is 36.5 Å². The third-order valence-electron chi connectivity index (χ3n) is 3.29. The van der Waals surface area contributed by atoms with Gasteiger partial charge in [-0.25, -0.2) is 0 Å². The molecule has 0 saturated carbocycles. The highest BCUT2D eigenvalue weighted by molar-refractivity contribution is 5.84. The molecule has 0 aliphatic rings. The van der Waals surface area contributed by atoms with Gasteiger partial charge in [0, 0.05) is 25.2 Å². The summed E-state index contributed by atoms with van der Waals surface area (Å²) < 4.78 is 5.71. The Hall–Kier alpha value is -2.14. The largest absolute Gasteiger partial charge is 0.491 e. The molecule has 1 aromatic carbocycles. The van der Waals surface area contributed by atoms with Crippen molar-refractivity contribution in [3.8, 4) is 5.75 Å². The molecule has 0 bridgehead atoms. The summed E-state index contributed by atoms with van der Waals surface area (Å²) >= 11 is 0. The Kier molecular flexibility index (Phi) is 5.51. The number of rotatable bonds is 7. The van der Waals surface area contributed by atoms with E-state index in [4.69, 9.17) is 10.5 Å². The van der Waals surface area contributed by atoms with Gasteiger partial charge in [-0.2, -0.15) is 0 Å². The Bertz CT molecular complexity index is 596. The van der Waals surface area contributed by atoms with Crippen LogP contribution in [0.2, 0.25) is 0 Å². The standard InChI is InChI=1S/C16H21N3O2/c1-19(11-4-9-17)15(20)8-12-21-14-7-2-5-13-6-3-10-18-16(13)14/h2-3,5-7,10H,4,8-9,11-12,17H2,1H3. The molecule has 0 aliphatic heterocycles. The first kappa shape index (κ1) is 15.3. The fourth-order valence-corrected chi connectivity index (χ4v) is 2.09. The van der Waals surface area contributed by atoms with E-state index in [0.29, 0.717) is 31.9 Å². The molecule has 0 atom stereocenters. The molecule has 21 heavy (non-hydrogen) atoms. The number of hydrogen-bond acceptors (Lipinski definition) is 4. The predicted octanol–water partition coefficient (Wildman–Crippen LogP) is 1.81. The molecule has 112 valence electrons. The molecular formula is C16H21N3O2. The molecule has 5 heteroatoms. The first-order chi connectivity index (χ1) is 10.2. The molecule has 0 fully saturated rings. The van der Waals surface area contributed by atoms with Gasteiger partial charge in [0.25, 0.3) is 0 Å².